The Bertz CT molecular complexity index is 1120. The lowest BCUT2D eigenvalue weighted by Crippen LogP contribution is -2.48. The van der Waals surface area contributed by atoms with Gasteiger partial charge >= 0.3 is 5.97 Å². The largest absolute Gasteiger partial charge is 0.478 e. The number of pyridine rings is 1. The van der Waals surface area contributed by atoms with Crippen molar-refractivity contribution in [3.8, 4) is 0 Å². The number of hydrogen-bond acceptors (Lipinski definition) is 5. The third-order valence-electron chi connectivity index (χ3n) is 4.89. The minimum absolute atomic E-state index is 0.0612. The van der Waals surface area contributed by atoms with E-state index < -0.39 is 16.0 Å². The second kappa shape index (κ2) is 7.21. The highest BCUT2D eigenvalue weighted by Gasteiger charge is 2.29. The van der Waals surface area contributed by atoms with Crippen LogP contribution in [-0.2, 0) is 10.0 Å². The lowest BCUT2D eigenvalue weighted by atomic mass is 10.2. The molecule has 0 amide bonds. The van der Waals surface area contributed by atoms with Crippen LogP contribution in [0.1, 0.15) is 10.4 Å². The van der Waals surface area contributed by atoms with E-state index >= 15 is 0 Å². The van der Waals surface area contributed by atoms with E-state index in [1.807, 2.05) is 36.4 Å². The molecule has 0 atom stereocenters. The van der Waals surface area contributed by atoms with Crippen LogP contribution < -0.4 is 4.90 Å². The van der Waals surface area contributed by atoms with Gasteiger partial charge in [0.15, 0.2) is 0 Å². The van der Waals surface area contributed by atoms with E-state index in [9.17, 15) is 13.2 Å². The Morgan fingerprint density at radius 2 is 1.57 bits per heavy atom. The quantitative estimate of drug-likeness (QED) is 0.727. The third-order valence-corrected chi connectivity index (χ3v) is 6.80. The van der Waals surface area contributed by atoms with Crippen LogP contribution in [0.15, 0.2) is 65.6 Å². The Kier molecular flexibility index (Phi) is 4.74. The molecule has 1 aliphatic heterocycles. The number of para-hydroxylation sites is 1. The van der Waals surface area contributed by atoms with Crippen LogP contribution in [0.3, 0.4) is 0 Å². The zero-order valence-corrected chi connectivity index (χ0v) is 15.8. The summed E-state index contributed by atoms with van der Waals surface area (Å²) in [7, 11) is -3.65. The number of rotatable bonds is 4. The molecule has 1 N–H and O–H groups in total. The summed E-state index contributed by atoms with van der Waals surface area (Å²) in [6.07, 6.45) is 0. The number of anilines is 1. The van der Waals surface area contributed by atoms with Crippen molar-refractivity contribution in [3.63, 3.8) is 0 Å². The second-order valence-electron chi connectivity index (χ2n) is 6.58. The van der Waals surface area contributed by atoms with Gasteiger partial charge in [-0.15, -0.1) is 0 Å². The zero-order valence-electron chi connectivity index (χ0n) is 15.0. The number of aromatic nitrogens is 1. The van der Waals surface area contributed by atoms with Crippen LogP contribution in [0.25, 0.3) is 10.9 Å². The molecule has 1 fully saturated rings. The van der Waals surface area contributed by atoms with Gasteiger partial charge < -0.3 is 10.0 Å². The molecule has 2 aromatic carbocycles. The standard InChI is InChI=1S/C20H19N3O4S/c24-20(25)16-5-8-17(9-6-16)28(26,27)23-13-11-22(12-14-23)19-10-7-15-3-1-2-4-18(15)21-19/h1-10H,11-14H2,(H,24,25). The topological polar surface area (TPSA) is 90.8 Å². The average Bonchev–Trinajstić information content (AvgIpc) is 2.73. The molecule has 0 bridgehead atoms. The summed E-state index contributed by atoms with van der Waals surface area (Å²) >= 11 is 0. The van der Waals surface area contributed by atoms with Crippen LogP contribution in [0.2, 0.25) is 0 Å². The van der Waals surface area contributed by atoms with E-state index in [0.29, 0.717) is 26.2 Å². The van der Waals surface area contributed by atoms with Gasteiger partial charge in [0.05, 0.1) is 16.0 Å². The SMILES string of the molecule is O=C(O)c1ccc(S(=O)(=O)N2CCN(c3ccc4ccccc4n3)CC2)cc1. The number of carbonyl (C=O) groups is 1. The van der Waals surface area contributed by atoms with E-state index in [2.05, 4.69) is 9.88 Å². The number of carboxylic acid groups (broad SMARTS) is 1. The van der Waals surface area contributed by atoms with Crippen molar-refractivity contribution in [2.24, 2.45) is 0 Å². The summed E-state index contributed by atoms with van der Waals surface area (Å²) < 4.78 is 27.1. The predicted molar refractivity (Wildman–Crippen MR) is 106 cm³/mol. The Morgan fingerprint density at radius 1 is 0.893 bits per heavy atom. The maximum atomic E-state index is 12.8. The van der Waals surface area contributed by atoms with Crippen molar-refractivity contribution in [1.82, 2.24) is 9.29 Å². The van der Waals surface area contributed by atoms with Crippen LogP contribution in [0.5, 0.6) is 0 Å². The minimum atomic E-state index is -3.65. The molecule has 1 aromatic heterocycles. The van der Waals surface area contributed by atoms with Gasteiger partial charge in [-0.2, -0.15) is 4.31 Å². The van der Waals surface area contributed by atoms with Gasteiger partial charge in [-0.1, -0.05) is 18.2 Å². The number of benzene rings is 2. The van der Waals surface area contributed by atoms with Gasteiger partial charge in [-0.05, 0) is 42.5 Å². The summed E-state index contributed by atoms with van der Waals surface area (Å²) in [6.45, 7) is 1.77. The molecule has 3 aromatic rings. The van der Waals surface area contributed by atoms with Gasteiger partial charge in [0.2, 0.25) is 10.0 Å². The maximum Gasteiger partial charge on any atom is 0.335 e. The van der Waals surface area contributed by atoms with E-state index in [0.717, 1.165) is 16.7 Å². The smallest absolute Gasteiger partial charge is 0.335 e. The van der Waals surface area contributed by atoms with Crippen LogP contribution >= 0.6 is 0 Å². The Balaban J connectivity index is 1.48. The molecule has 1 saturated heterocycles. The molecule has 0 aliphatic carbocycles. The number of piperazine rings is 1. The lowest BCUT2D eigenvalue weighted by Gasteiger charge is -2.34. The van der Waals surface area contributed by atoms with E-state index in [1.54, 1.807) is 0 Å². The molecule has 144 valence electrons. The highest BCUT2D eigenvalue weighted by atomic mass is 32.2. The molecular formula is C20H19N3O4S. The first-order valence-electron chi connectivity index (χ1n) is 8.89. The molecule has 0 saturated carbocycles. The molecule has 28 heavy (non-hydrogen) atoms. The van der Waals surface area contributed by atoms with E-state index in [-0.39, 0.29) is 10.5 Å². The number of fused-ring (bicyclic) bond motifs is 1. The van der Waals surface area contributed by atoms with Crippen molar-refractivity contribution in [2.45, 2.75) is 4.90 Å². The fourth-order valence-corrected chi connectivity index (χ4v) is 4.73. The predicted octanol–water partition coefficient (Wildman–Crippen LogP) is 2.44. The first-order valence-corrected chi connectivity index (χ1v) is 10.3. The van der Waals surface area contributed by atoms with Crippen molar-refractivity contribution in [3.05, 3.63) is 66.2 Å². The van der Waals surface area contributed by atoms with Gasteiger partial charge in [0, 0.05) is 31.6 Å². The summed E-state index contributed by atoms with van der Waals surface area (Å²) in [5.41, 5.74) is 0.972. The molecule has 0 unspecified atom stereocenters. The number of hydrogen-bond donors (Lipinski definition) is 1. The Hall–Kier alpha value is -2.97. The van der Waals surface area contributed by atoms with Gasteiger partial charge in [0.1, 0.15) is 5.82 Å². The van der Waals surface area contributed by atoms with Crippen molar-refractivity contribution >= 4 is 32.7 Å². The molecule has 7 nitrogen and oxygen atoms in total. The normalized spacial score (nSPS) is 15.6. The summed E-state index contributed by atoms with van der Waals surface area (Å²) in [5.74, 6) is -0.248. The molecule has 0 radical (unpaired) electrons. The molecule has 0 spiro atoms. The third kappa shape index (κ3) is 3.44. The number of aromatic carboxylic acids is 1. The van der Waals surface area contributed by atoms with Gasteiger partial charge in [-0.3, -0.25) is 0 Å². The number of sulfonamides is 1. The second-order valence-corrected chi connectivity index (χ2v) is 8.52. The minimum Gasteiger partial charge on any atom is -0.478 e. The molecule has 1 aliphatic rings. The van der Waals surface area contributed by atoms with Crippen LogP contribution in [-0.4, -0.2) is 55.0 Å². The van der Waals surface area contributed by atoms with E-state index in [1.165, 1.54) is 28.6 Å². The fourth-order valence-electron chi connectivity index (χ4n) is 3.31. The molecule has 4 rings (SSSR count). The van der Waals surface area contributed by atoms with Gasteiger partial charge in [0.25, 0.3) is 0 Å². The first-order chi connectivity index (χ1) is 13.4. The molecular weight excluding hydrogens is 378 g/mol. The zero-order chi connectivity index (χ0) is 19.7. The van der Waals surface area contributed by atoms with Crippen LogP contribution in [0, 0.1) is 0 Å². The van der Waals surface area contributed by atoms with Crippen LogP contribution in [0.4, 0.5) is 5.82 Å². The average molecular weight is 397 g/mol. The Morgan fingerprint density at radius 3 is 2.25 bits per heavy atom. The van der Waals surface area contributed by atoms with Crippen molar-refractivity contribution < 1.29 is 18.3 Å². The highest BCUT2D eigenvalue weighted by molar-refractivity contribution is 7.89. The summed E-state index contributed by atoms with van der Waals surface area (Å²) in [6, 6.07) is 17.2. The van der Waals surface area contributed by atoms with Crippen molar-refractivity contribution in [2.75, 3.05) is 31.1 Å². The number of carboxylic acids is 1. The van der Waals surface area contributed by atoms with Gasteiger partial charge in [-0.25, -0.2) is 18.2 Å². The highest BCUT2D eigenvalue weighted by Crippen LogP contribution is 2.22. The summed E-state index contributed by atoms with van der Waals surface area (Å²) in [5, 5.41) is 10.0. The lowest BCUT2D eigenvalue weighted by molar-refractivity contribution is 0.0696. The van der Waals surface area contributed by atoms with Crippen molar-refractivity contribution in [1.29, 1.82) is 0 Å². The fraction of sp³-hybridized carbons (Fsp3) is 0.200. The summed E-state index contributed by atoms with van der Waals surface area (Å²) in [4.78, 5) is 17.8. The molecule has 2 heterocycles. The monoisotopic (exact) mass is 397 g/mol. The first kappa shape index (κ1) is 18.4. The maximum absolute atomic E-state index is 12.8. The molecule has 8 heteroatoms. The van der Waals surface area contributed by atoms with E-state index in [4.69, 9.17) is 5.11 Å². The number of nitrogens with zero attached hydrogens (tertiary/aromatic N) is 3. The Labute approximate surface area is 162 Å².